The van der Waals surface area contributed by atoms with Gasteiger partial charge >= 0.3 is 0 Å². The van der Waals surface area contributed by atoms with Crippen LogP contribution in [0.3, 0.4) is 0 Å². The molecule has 2 aromatic rings. The highest BCUT2D eigenvalue weighted by atomic mass is 16.2. The van der Waals surface area contributed by atoms with Gasteiger partial charge in [-0.25, -0.2) is 9.97 Å². The van der Waals surface area contributed by atoms with Crippen molar-refractivity contribution in [3.05, 3.63) is 36.9 Å². The minimum atomic E-state index is 0.220. The lowest BCUT2D eigenvalue weighted by Crippen LogP contribution is -2.40. The van der Waals surface area contributed by atoms with Crippen molar-refractivity contribution in [1.82, 2.24) is 24.6 Å². The first kappa shape index (κ1) is 15.5. The highest BCUT2D eigenvalue weighted by Gasteiger charge is 2.24. The van der Waals surface area contributed by atoms with Gasteiger partial charge in [-0.3, -0.25) is 9.48 Å². The largest absolute Gasteiger partial charge is 0.354 e. The van der Waals surface area contributed by atoms with Crippen LogP contribution in [-0.4, -0.2) is 50.2 Å². The molecular formula is C16H22N6O. The molecule has 0 bridgehead atoms. The Morgan fingerprint density at radius 1 is 1.26 bits per heavy atom. The molecule has 7 nitrogen and oxygen atoms in total. The molecule has 0 spiro atoms. The second-order valence-electron chi connectivity index (χ2n) is 5.72. The van der Waals surface area contributed by atoms with Gasteiger partial charge in [0, 0.05) is 50.8 Å². The summed E-state index contributed by atoms with van der Waals surface area (Å²) in [6.45, 7) is 2.31. The summed E-state index contributed by atoms with van der Waals surface area (Å²) in [5, 5.41) is 7.42. The van der Waals surface area contributed by atoms with Crippen LogP contribution in [0.2, 0.25) is 0 Å². The number of hydrogen-bond acceptors (Lipinski definition) is 5. The van der Waals surface area contributed by atoms with E-state index in [9.17, 15) is 4.79 Å². The van der Waals surface area contributed by atoms with E-state index in [1.807, 2.05) is 21.8 Å². The quantitative estimate of drug-likeness (QED) is 0.822. The number of carbonyl (C=O) groups excluding carboxylic acids is 1. The summed E-state index contributed by atoms with van der Waals surface area (Å²) in [5.74, 6) is 0.828. The first-order valence-electron chi connectivity index (χ1n) is 8.11. The molecule has 7 heteroatoms. The van der Waals surface area contributed by atoms with Crippen LogP contribution in [0.15, 0.2) is 36.9 Å². The van der Waals surface area contributed by atoms with Gasteiger partial charge in [0.25, 0.3) is 0 Å². The maximum Gasteiger partial charge on any atom is 0.222 e. The third kappa shape index (κ3) is 4.28. The van der Waals surface area contributed by atoms with E-state index in [0.717, 1.165) is 32.4 Å². The molecule has 2 aromatic heterocycles. The summed E-state index contributed by atoms with van der Waals surface area (Å²) in [6.07, 6.45) is 10.6. The van der Waals surface area contributed by atoms with Crippen molar-refractivity contribution in [3.63, 3.8) is 0 Å². The first-order valence-corrected chi connectivity index (χ1v) is 8.11. The minimum absolute atomic E-state index is 0.220. The van der Waals surface area contributed by atoms with E-state index in [-0.39, 0.29) is 5.91 Å². The number of hydrogen-bond donors (Lipinski definition) is 1. The summed E-state index contributed by atoms with van der Waals surface area (Å²) in [5.41, 5.74) is 0. The molecule has 0 saturated carbocycles. The number of piperidine rings is 1. The molecule has 23 heavy (non-hydrogen) atoms. The number of nitrogens with one attached hydrogen (secondary N) is 1. The zero-order valence-corrected chi connectivity index (χ0v) is 13.1. The molecule has 3 heterocycles. The summed E-state index contributed by atoms with van der Waals surface area (Å²) < 4.78 is 1.97. The molecule has 1 aliphatic rings. The minimum Gasteiger partial charge on any atom is -0.354 e. The summed E-state index contributed by atoms with van der Waals surface area (Å²) >= 11 is 0. The number of anilines is 1. The average Bonchev–Trinajstić information content (AvgIpc) is 3.14. The molecule has 3 rings (SSSR count). The van der Waals surface area contributed by atoms with Crippen LogP contribution in [-0.2, 0) is 4.79 Å². The van der Waals surface area contributed by atoms with E-state index in [1.165, 1.54) is 0 Å². The predicted molar refractivity (Wildman–Crippen MR) is 86.8 cm³/mol. The molecule has 0 aliphatic carbocycles. The third-order valence-electron chi connectivity index (χ3n) is 4.06. The Bertz CT molecular complexity index is 600. The molecule has 1 atom stereocenters. The molecule has 1 amide bonds. The highest BCUT2D eigenvalue weighted by Crippen LogP contribution is 2.21. The van der Waals surface area contributed by atoms with E-state index in [0.29, 0.717) is 25.0 Å². The Morgan fingerprint density at radius 2 is 2.13 bits per heavy atom. The van der Waals surface area contributed by atoms with Crippen molar-refractivity contribution < 1.29 is 4.79 Å². The monoisotopic (exact) mass is 314 g/mol. The fourth-order valence-electron chi connectivity index (χ4n) is 2.88. The van der Waals surface area contributed by atoms with Gasteiger partial charge in [0.2, 0.25) is 11.9 Å². The lowest BCUT2D eigenvalue weighted by Gasteiger charge is -2.33. The zero-order valence-electron chi connectivity index (χ0n) is 13.1. The summed E-state index contributed by atoms with van der Waals surface area (Å²) in [6, 6.07) is 4.01. The van der Waals surface area contributed by atoms with Crippen LogP contribution in [0, 0.1) is 0 Å². The fraction of sp³-hybridized carbons (Fsp3) is 0.500. The number of amides is 1. The second kappa shape index (κ2) is 7.71. The Labute approximate surface area is 135 Å². The predicted octanol–water partition coefficient (Wildman–Crippen LogP) is 1.73. The van der Waals surface area contributed by atoms with Crippen molar-refractivity contribution in [2.24, 2.45) is 0 Å². The second-order valence-corrected chi connectivity index (χ2v) is 5.72. The van der Waals surface area contributed by atoms with Crippen LogP contribution in [0.5, 0.6) is 0 Å². The van der Waals surface area contributed by atoms with E-state index < -0.39 is 0 Å². The Kier molecular flexibility index (Phi) is 5.18. The average molecular weight is 314 g/mol. The van der Waals surface area contributed by atoms with Gasteiger partial charge in [-0.2, -0.15) is 5.10 Å². The summed E-state index contributed by atoms with van der Waals surface area (Å²) in [7, 11) is 0. The number of aromatic nitrogens is 4. The lowest BCUT2D eigenvalue weighted by atomic mass is 10.1. The van der Waals surface area contributed by atoms with Gasteiger partial charge in [-0.05, 0) is 31.4 Å². The normalized spacial score (nSPS) is 17.9. The smallest absolute Gasteiger partial charge is 0.222 e. The number of rotatable bonds is 6. The number of carbonyl (C=O) groups is 1. The molecule has 1 aliphatic heterocycles. The van der Waals surface area contributed by atoms with Gasteiger partial charge < -0.3 is 10.2 Å². The van der Waals surface area contributed by atoms with Gasteiger partial charge in [-0.1, -0.05) is 0 Å². The van der Waals surface area contributed by atoms with Gasteiger partial charge in [0.15, 0.2) is 0 Å². The van der Waals surface area contributed by atoms with Crippen molar-refractivity contribution in [2.75, 3.05) is 25.0 Å². The van der Waals surface area contributed by atoms with Crippen LogP contribution < -0.4 is 5.32 Å². The van der Waals surface area contributed by atoms with Gasteiger partial charge in [0.05, 0.1) is 6.04 Å². The van der Waals surface area contributed by atoms with Crippen molar-refractivity contribution >= 4 is 11.9 Å². The standard InChI is InChI=1S/C16H22N6O/c23-15(6-1-7-17-16-18-8-3-9-19-16)21-11-2-5-14(13-21)22-12-4-10-20-22/h3-4,8-10,12,14H,1-2,5-7,11,13H2,(H,17,18,19)/t14-/m0/s1. The van der Waals surface area contributed by atoms with Crippen molar-refractivity contribution in [1.29, 1.82) is 0 Å². The Hall–Kier alpha value is -2.44. The molecule has 1 saturated heterocycles. The topological polar surface area (TPSA) is 75.9 Å². The van der Waals surface area contributed by atoms with Crippen molar-refractivity contribution in [2.45, 2.75) is 31.7 Å². The van der Waals surface area contributed by atoms with E-state index in [4.69, 9.17) is 0 Å². The Morgan fingerprint density at radius 3 is 2.91 bits per heavy atom. The van der Waals surface area contributed by atoms with Crippen molar-refractivity contribution in [3.8, 4) is 0 Å². The zero-order chi connectivity index (χ0) is 15.9. The first-order chi connectivity index (χ1) is 11.3. The fourth-order valence-corrected chi connectivity index (χ4v) is 2.88. The van der Waals surface area contributed by atoms with Crippen LogP contribution in [0.25, 0.3) is 0 Å². The highest BCUT2D eigenvalue weighted by molar-refractivity contribution is 5.76. The third-order valence-corrected chi connectivity index (χ3v) is 4.06. The van der Waals surface area contributed by atoms with E-state index in [1.54, 1.807) is 24.7 Å². The lowest BCUT2D eigenvalue weighted by molar-refractivity contribution is -0.132. The summed E-state index contributed by atoms with van der Waals surface area (Å²) in [4.78, 5) is 22.5. The maximum atomic E-state index is 12.4. The molecule has 0 radical (unpaired) electrons. The van der Waals surface area contributed by atoms with Crippen LogP contribution in [0.1, 0.15) is 31.7 Å². The number of nitrogens with zero attached hydrogens (tertiary/aromatic N) is 5. The molecule has 1 fully saturated rings. The SMILES string of the molecule is O=C(CCCNc1ncccn1)N1CCC[C@H](n2cccn2)C1. The molecule has 0 unspecified atom stereocenters. The van der Waals surface area contributed by atoms with Gasteiger partial charge in [0.1, 0.15) is 0 Å². The molecular weight excluding hydrogens is 292 g/mol. The van der Waals surface area contributed by atoms with E-state index >= 15 is 0 Å². The van der Waals surface area contributed by atoms with Crippen LogP contribution >= 0.6 is 0 Å². The van der Waals surface area contributed by atoms with Gasteiger partial charge in [-0.15, -0.1) is 0 Å². The number of likely N-dealkylation sites (tertiary alicyclic amines) is 1. The van der Waals surface area contributed by atoms with Crippen LogP contribution in [0.4, 0.5) is 5.95 Å². The van der Waals surface area contributed by atoms with E-state index in [2.05, 4.69) is 20.4 Å². The molecule has 0 aromatic carbocycles. The maximum absolute atomic E-state index is 12.4. The molecule has 122 valence electrons. The Balaban J connectivity index is 1.41. The molecule has 1 N–H and O–H groups in total.